The summed E-state index contributed by atoms with van der Waals surface area (Å²) in [6, 6.07) is 15.0. The van der Waals surface area contributed by atoms with Crippen molar-refractivity contribution in [3.05, 3.63) is 59.9 Å². The van der Waals surface area contributed by atoms with Crippen LogP contribution in [0.2, 0.25) is 0 Å². The number of hydrogen-bond donors (Lipinski definition) is 1. The molecule has 0 atom stereocenters. The average molecular weight is 325 g/mol. The van der Waals surface area contributed by atoms with Crippen LogP contribution < -0.4 is 14.8 Å². The molecule has 5 heteroatoms. The molecule has 3 aromatic rings. The minimum atomic E-state index is -0.277. The molecular formula is C19H19NO4. The van der Waals surface area contributed by atoms with E-state index in [1.807, 2.05) is 43.3 Å². The van der Waals surface area contributed by atoms with Crippen LogP contribution in [0.4, 0.5) is 0 Å². The predicted molar refractivity (Wildman–Crippen MR) is 91.8 cm³/mol. The summed E-state index contributed by atoms with van der Waals surface area (Å²) in [6.45, 7) is 2.78. The molecule has 1 amide bonds. The first-order chi connectivity index (χ1) is 11.7. The number of para-hydroxylation sites is 1. The van der Waals surface area contributed by atoms with Crippen molar-refractivity contribution in [2.45, 2.75) is 6.92 Å². The summed E-state index contributed by atoms with van der Waals surface area (Å²) in [5.74, 6) is 1.37. The Hall–Kier alpha value is -2.95. The van der Waals surface area contributed by atoms with Gasteiger partial charge >= 0.3 is 0 Å². The number of rotatable bonds is 6. The third-order valence-electron chi connectivity index (χ3n) is 3.60. The zero-order valence-electron chi connectivity index (χ0n) is 13.7. The number of nitrogens with one attached hydrogen (secondary N) is 1. The largest absolute Gasteiger partial charge is 0.493 e. The molecule has 0 saturated carbocycles. The quantitative estimate of drug-likeness (QED) is 0.704. The number of fused-ring (bicyclic) bond motifs is 1. The second-order valence-electron chi connectivity index (χ2n) is 5.41. The molecule has 0 saturated heterocycles. The van der Waals surface area contributed by atoms with Gasteiger partial charge in [-0.05, 0) is 36.8 Å². The highest BCUT2D eigenvalue weighted by Crippen LogP contribution is 2.28. The highest BCUT2D eigenvalue weighted by Gasteiger charge is 2.14. The molecule has 0 spiro atoms. The molecule has 3 rings (SSSR count). The third-order valence-corrected chi connectivity index (χ3v) is 3.60. The number of carbonyl (C=O) groups excluding carboxylic acids is 1. The highest BCUT2D eigenvalue weighted by atomic mass is 16.5. The fourth-order valence-corrected chi connectivity index (χ4v) is 2.43. The van der Waals surface area contributed by atoms with Crippen LogP contribution in [-0.4, -0.2) is 26.2 Å². The number of amides is 1. The topological polar surface area (TPSA) is 60.7 Å². The summed E-state index contributed by atoms with van der Waals surface area (Å²) >= 11 is 0. The van der Waals surface area contributed by atoms with Gasteiger partial charge in [0.05, 0.1) is 13.7 Å². The molecule has 24 heavy (non-hydrogen) atoms. The molecule has 0 aliphatic carbocycles. The van der Waals surface area contributed by atoms with E-state index in [1.54, 1.807) is 19.2 Å². The maximum Gasteiger partial charge on any atom is 0.287 e. The fourth-order valence-electron chi connectivity index (χ4n) is 2.43. The van der Waals surface area contributed by atoms with Crippen LogP contribution in [0.15, 0.2) is 52.9 Å². The lowest BCUT2D eigenvalue weighted by Gasteiger charge is -2.07. The van der Waals surface area contributed by atoms with E-state index in [2.05, 4.69) is 5.32 Å². The number of benzene rings is 2. The lowest BCUT2D eigenvalue weighted by Crippen LogP contribution is -2.27. The minimum Gasteiger partial charge on any atom is -0.493 e. The monoisotopic (exact) mass is 325 g/mol. The predicted octanol–water partition coefficient (Wildman–Crippen LogP) is 3.56. The first kappa shape index (κ1) is 15.9. The molecule has 0 unspecified atom stereocenters. The van der Waals surface area contributed by atoms with E-state index >= 15 is 0 Å². The van der Waals surface area contributed by atoms with Crippen molar-refractivity contribution in [3.63, 3.8) is 0 Å². The number of ether oxygens (including phenoxy) is 2. The summed E-state index contributed by atoms with van der Waals surface area (Å²) in [4.78, 5) is 12.2. The number of aryl methyl sites for hydroxylation is 1. The molecule has 0 aliphatic heterocycles. The van der Waals surface area contributed by atoms with Gasteiger partial charge in [-0.1, -0.05) is 24.3 Å². The van der Waals surface area contributed by atoms with Crippen LogP contribution in [-0.2, 0) is 0 Å². The summed E-state index contributed by atoms with van der Waals surface area (Å²) in [5, 5.41) is 3.61. The van der Waals surface area contributed by atoms with Gasteiger partial charge in [-0.25, -0.2) is 0 Å². The van der Waals surface area contributed by atoms with E-state index < -0.39 is 0 Å². The normalized spacial score (nSPS) is 10.6. The average Bonchev–Trinajstić information content (AvgIpc) is 3.03. The molecule has 1 aromatic heterocycles. The molecule has 0 aliphatic rings. The van der Waals surface area contributed by atoms with E-state index in [4.69, 9.17) is 13.9 Å². The Labute approximate surface area is 140 Å². The summed E-state index contributed by atoms with van der Waals surface area (Å²) < 4.78 is 16.4. The number of methoxy groups -OCH3 is 1. The summed E-state index contributed by atoms with van der Waals surface area (Å²) in [7, 11) is 1.57. The van der Waals surface area contributed by atoms with Gasteiger partial charge in [-0.15, -0.1) is 0 Å². The molecule has 0 fully saturated rings. The van der Waals surface area contributed by atoms with Crippen molar-refractivity contribution in [1.29, 1.82) is 0 Å². The van der Waals surface area contributed by atoms with Crippen molar-refractivity contribution in [2.24, 2.45) is 0 Å². The third kappa shape index (κ3) is 3.51. The summed E-state index contributed by atoms with van der Waals surface area (Å²) in [6.07, 6.45) is 0. The Balaban J connectivity index is 1.57. The second kappa shape index (κ2) is 7.08. The van der Waals surface area contributed by atoms with Gasteiger partial charge in [0.25, 0.3) is 5.91 Å². The van der Waals surface area contributed by atoms with E-state index in [0.29, 0.717) is 24.5 Å². The van der Waals surface area contributed by atoms with Gasteiger partial charge in [-0.2, -0.15) is 0 Å². The summed E-state index contributed by atoms with van der Waals surface area (Å²) in [5.41, 5.74) is 1.70. The number of furan rings is 1. The van der Waals surface area contributed by atoms with Gasteiger partial charge < -0.3 is 19.2 Å². The first-order valence-electron chi connectivity index (χ1n) is 7.71. The van der Waals surface area contributed by atoms with E-state index in [9.17, 15) is 4.79 Å². The molecule has 2 aromatic carbocycles. The SMILES string of the molecule is COc1cccc2cc(C(=O)NCCOc3cccc(C)c3)oc12. The van der Waals surface area contributed by atoms with E-state index in [0.717, 1.165) is 16.7 Å². The maximum atomic E-state index is 12.2. The van der Waals surface area contributed by atoms with Gasteiger partial charge in [0.1, 0.15) is 12.4 Å². The van der Waals surface area contributed by atoms with E-state index in [1.165, 1.54) is 0 Å². The molecule has 1 N–H and O–H groups in total. The molecule has 1 heterocycles. The molecule has 5 nitrogen and oxygen atoms in total. The fraction of sp³-hybridized carbons (Fsp3) is 0.211. The zero-order chi connectivity index (χ0) is 16.9. The first-order valence-corrected chi connectivity index (χ1v) is 7.71. The smallest absolute Gasteiger partial charge is 0.287 e. The van der Waals surface area contributed by atoms with Crippen LogP contribution in [0.1, 0.15) is 16.1 Å². The zero-order valence-corrected chi connectivity index (χ0v) is 13.7. The Morgan fingerprint density at radius 1 is 1.17 bits per heavy atom. The standard InChI is InChI=1S/C19H19NO4/c1-13-5-3-7-15(11-13)23-10-9-20-19(21)17-12-14-6-4-8-16(22-2)18(14)24-17/h3-8,11-12H,9-10H2,1-2H3,(H,20,21). The molecule has 0 bridgehead atoms. The Morgan fingerprint density at radius 2 is 2.00 bits per heavy atom. The van der Waals surface area contributed by atoms with Crippen molar-refractivity contribution in [1.82, 2.24) is 5.32 Å². The van der Waals surface area contributed by atoms with Crippen LogP contribution in [0.25, 0.3) is 11.0 Å². The molecule has 0 radical (unpaired) electrons. The molecular weight excluding hydrogens is 306 g/mol. The molecule has 124 valence electrons. The van der Waals surface area contributed by atoms with Crippen molar-refractivity contribution in [3.8, 4) is 11.5 Å². The van der Waals surface area contributed by atoms with Crippen molar-refractivity contribution < 1.29 is 18.7 Å². The maximum absolute atomic E-state index is 12.2. The highest BCUT2D eigenvalue weighted by molar-refractivity contribution is 5.97. The van der Waals surface area contributed by atoms with Crippen LogP contribution in [0.3, 0.4) is 0 Å². The second-order valence-corrected chi connectivity index (χ2v) is 5.41. The van der Waals surface area contributed by atoms with Gasteiger partial charge in [0.2, 0.25) is 0 Å². The Morgan fingerprint density at radius 3 is 2.79 bits per heavy atom. The Kier molecular flexibility index (Phi) is 4.70. The van der Waals surface area contributed by atoms with E-state index in [-0.39, 0.29) is 11.7 Å². The van der Waals surface area contributed by atoms with Gasteiger partial charge in [0.15, 0.2) is 17.1 Å². The van der Waals surface area contributed by atoms with Crippen LogP contribution in [0.5, 0.6) is 11.5 Å². The lowest BCUT2D eigenvalue weighted by atomic mass is 10.2. The van der Waals surface area contributed by atoms with Crippen LogP contribution in [0, 0.1) is 6.92 Å². The minimum absolute atomic E-state index is 0.255. The van der Waals surface area contributed by atoms with Gasteiger partial charge in [-0.3, -0.25) is 4.79 Å². The lowest BCUT2D eigenvalue weighted by molar-refractivity contribution is 0.0921. The number of hydrogen-bond acceptors (Lipinski definition) is 4. The Bertz CT molecular complexity index is 853. The van der Waals surface area contributed by atoms with Gasteiger partial charge in [0, 0.05) is 5.39 Å². The van der Waals surface area contributed by atoms with Crippen LogP contribution >= 0.6 is 0 Å². The van der Waals surface area contributed by atoms with Crippen molar-refractivity contribution in [2.75, 3.05) is 20.3 Å². The van der Waals surface area contributed by atoms with Crippen molar-refractivity contribution >= 4 is 16.9 Å². The number of carbonyl (C=O) groups is 1.